The van der Waals surface area contributed by atoms with Gasteiger partial charge in [-0.2, -0.15) is 4.99 Å². The first-order chi connectivity index (χ1) is 12.4. The molecule has 2 aromatic carbocycles. The normalized spacial score (nSPS) is 11.8. The fourth-order valence-electron chi connectivity index (χ4n) is 2.92. The summed E-state index contributed by atoms with van der Waals surface area (Å²) in [5.74, 6) is -0.221. The van der Waals surface area contributed by atoms with Crippen LogP contribution in [0, 0.1) is 20.8 Å². The van der Waals surface area contributed by atoms with E-state index in [1.807, 2.05) is 12.1 Å². The van der Waals surface area contributed by atoms with Crippen LogP contribution in [-0.4, -0.2) is 10.5 Å². The van der Waals surface area contributed by atoms with Gasteiger partial charge in [-0.15, -0.1) is 11.3 Å². The second-order valence-corrected chi connectivity index (χ2v) is 8.36. The molecule has 3 rings (SSSR count). The molecular weight excluding hydrogens is 408 g/mol. The summed E-state index contributed by atoms with van der Waals surface area (Å²) in [6.07, 6.45) is 0. The van der Waals surface area contributed by atoms with Gasteiger partial charge in [0.2, 0.25) is 0 Å². The number of halogens is 1. The quantitative estimate of drug-likeness (QED) is 0.529. The van der Waals surface area contributed by atoms with E-state index in [9.17, 15) is 4.79 Å². The molecule has 0 unspecified atom stereocenters. The van der Waals surface area contributed by atoms with Crippen LogP contribution in [0.1, 0.15) is 33.3 Å². The number of hydrogen-bond acceptors (Lipinski definition) is 2. The van der Waals surface area contributed by atoms with Crippen LogP contribution in [0.2, 0.25) is 0 Å². The van der Waals surface area contributed by atoms with Gasteiger partial charge >= 0.3 is 0 Å². The molecule has 1 aromatic heterocycles. The van der Waals surface area contributed by atoms with E-state index in [0.717, 1.165) is 26.4 Å². The summed E-state index contributed by atoms with van der Waals surface area (Å²) in [5, 5.41) is 0. The summed E-state index contributed by atoms with van der Waals surface area (Å²) in [4.78, 5) is 18.9. The second-order valence-electron chi connectivity index (χ2n) is 6.26. The smallest absolute Gasteiger partial charge is 0.279 e. The molecule has 26 heavy (non-hydrogen) atoms. The van der Waals surface area contributed by atoms with Crippen LogP contribution in [-0.2, 0) is 6.54 Å². The minimum absolute atomic E-state index is 0.221. The topological polar surface area (TPSA) is 34.4 Å². The van der Waals surface area contributed by atoms with Gasteiger partial charge < -0.3 is 4.57 Å². The van der Waals surface area contributed by atoms with Gasteiger partial charge in [0.05, 0.1) is 5.69 Å². The molecule has 0 N–H and O–H groups in total. The number of rotatable bonds is 3. The van der Waals surface area contributed by atoms with Gasteiger partial charge in [-0.25, -0.2) is 0 Å². The summed E-state index contributed by atoms with van der Waals surface area (Å²) in [7, 11) is 0. The molecule has 0 fully saturated rings. The largest absolute Gasteiger partial charge is 0.316 e. The molecule has 0 saturated carbocycles. The Morgan fingerprint density at radius 2 is 1.88 bits per heavy atom. The SMILES string of the molecule is CCn1c(-c2ccc(C)c(C)c2)c(C)sc1=NC(=O)c1cccc(Br)c1. The third-order valence-corrected chi connectivity index (χ3v) is 5.93. The molecule has 5 heteroatoms. The van der Waals surface area contributed by atoms with Crippen molar-refractivity contribution < 1.29 is 4.79 Å². The van der Waals surface area contributed by atoms with E-state index in [0.29, 0.717) is 5.56 Å². The maximum atomic E-state index is 12.6. The van der Waals surface area contributed by atoms with E-state index in [1.54, 1.807) is 23.5 Å². The molecule has 3 nitrogen and oxygen atoms in total. The van der Waals surface area contributed by atoms with E-state index in [-0.39, 0.29) is 5.91 Å². The van der Waals surface area contributed by atoms with Gasteiger partial charge in [-0.05, 0) is 68.7 Å². The second kappa shape index (κ2) is 7.72. The predicted molar refractivity (Wildman–Crippen MR) is 112 cm³/mol. The van der Waals surface area contributed by atoms with Crippen molar-refractivity contribution in [1.82, 2.24) is 4.57 Å². The monoisotopic (exact) mass is 428 g/mol. The number of amides is 1. The Bertz CT molecular complexity index is 1050. The summed E-state index contributed by atoms with van der Waals surface area (Å²) < 4.78 is 3.00. The standard InChI is InChI=1S/C21H21BrN2OS/c1-5-24-19(16-10-9-13(2)14(3)11-16)15(4)26-21(24)23-20(25)17-7-6-8-18(22)12-17/h6-12H,5H2,1-4H3. The van der Waals surface area contributed by atoms with Crippen LogP contribution in [0.5, 0.6) is 0 Å². The van der Waals surface area contributed by atoms with Crippen LogP contribution in [0.25, 0.3) is 11.3 Å². The number of aryl methyl sites for hydroxylation is 3. The number of thiazole rings is 1. The zero-order chi connectivity index (χ0) is 18.8. The van der Waals surface area contributed by atoms with Crippen molar-refractivity contribution in [3.05, 3.63) is 73.3 Å². The lowest BCUT2D eigenvalue weighted by molar-refractivity contribution is 0.0997. The van der Waals surface area contributed by atoms with Crippen molar-refractivity contribution in [2.45, 2.75) is 34.2 Å². The molecule has 0 bridgehead atoms. The van der Waals surface area contributed by atoms with Gasteiger partial charge in [0.25, 0.3) is 5.91 Å². The Labute approximate surface area is 166 Å². The first-order valence-electron chi connectivity index (χ1n) is 8.53. The first-order valence-corrected chi connectivity index (χ1v) is 10.1. The van der Waals surface area contributed by atoms with Crippen LogP contribution < -0.4 is 4.80 Å². The number of carbonyl (C=O) groups is 1. The lowest BCUT2D eigenvalue weighted by atomic mass is 10.0. The van der Waals surface area contributed by atoms with Crippen molar-refractivity contribution in [2.75, 3.05) is 0 Å². The molecule has 1 heterocycles. The number of aromatic nitrogens is 1. The fourth-order valence-corrected chi connectivity index (χ4v) is 4.38. The van der Waals surface area contributed by atoms with Crippen molar-refractivity contribution >= 4 is 33.2 Å². The maximum Gasteiger partial charge on any atom is 0.279 e. The van der Waals surface area contributed by atoms with Crippen LogP contribution in [0.4, 0.5) is 0 Å². The highest BCUT2D eigenvalue weighted by atomic mass is 79.9. The van der Waals surface area contributed by atoms with Crippen LogP contribution in [0.3, 0.4) is 0 Å². The van der Waals surface area contributed by atoms with E-state index in [1.165, 1.54) is 16.7 Å². The predicted octanol–water partition coefficient (Wildman–Crippen LogP) is 5.67. The highest BCUT2D eigenvalue weighted by molar-refractivity contribution is 9.10. The zero-order valence-corrected chi connectivity index (χ0v) is 17.7. The van der Waals surface area contributed by atoms with E-state index in [4.69, 9.17) is 0 Å². The minimum atomic E-state index is -0.221. The molecule has 0 aliphatic heterocycles. The van der Waals surface area contributed by atoms with Crippen LogP contribution in [0.15, 0.2) is 51.9 Å². The molecule has 1 amide bonds. The molecule has 134 valence electrons. The first kappa shape index (κ1) is 18.8. The number of carbonyl (C=O) groups excluding carboxylic acids is 1. The molecule has 0 atom stereocenters. The number of nitrogens with zero attached hydrogens (tertiary/aromatic N) is 2. The summed E-state index contributed by atoms with van der Waals surface area (Å²) in [6, 6.07) is 13.8. The molecule has 0 aliphatic rings. The van der Waals surface area contributed by atoms with Gasteiger partial charge in [0.15, 0.2) is 4.80 Å². The molecule has 0 saturated heterocycles. The fraction of sp³-hybridized carbons (Fsp3) is 0.238. The average molecular weight is 429 g/mol. The zero-order valence-electron chi connectivity index (χ0n) is 15.3. The van der Waals surface area contributed by atoms with E-state index >= 15 is 0 Å². The maximum absolute atomic E-state index is 12.6. The lowest BCUT2D eigenvalue weighted by Crippen LogP contribution is -2.17. The molecule has 0 spiro atoms. The Hall–Kier alpha value is -1.98. The van der Waals surface area contributed by atoms with Crippen molar-refractivity contribution in [2.24, 2.45) is 4.99 Å². The van der Waals surface area contributed by atoms with Gasteiger partial charge in [0.1, 0.15) is 0 Å². The summed E-state index contributed by atoms with van der Waals surface area (Å²) in [6.45, 7) is 9.17. The molecular formula is C21H21BrN2OS. The minimum Gasteiger partial charge on any atom is -0.316 e. The molecule has 0 aliphatic carbocycles. The third-order valence-electron chi connectivity index (χ3n) is 4.44. The van der Waals surface area contributed by atoms with Crippen molar-refractivity contribution in [3.8, 4) is 11.3 Å². The number of hydrogen-bond donors (Lipinski definition) is 0. The summed E-state index contributed by atoms with van der Waals surface area (Å²) >= 11 is 4.97. The van der Waals surface area contributed by atoms with Crippen molar-refractivity contribution in [1.29, 1.82) is 0 Å². The third kappa shape index (κ3) is 3.74. The van der Waals surface area contributed by atoms with E-state index < -0.39 is 0 Å². The van der Waals surface area contributed by atoms with Crippen molar-refractivity contribution in [3.63, 3.8) is 0 Å². The lowest BCUT2D eigenvalue weighted by Gasteiger charge is -2.10. The van der Waals surface area contributed by atoms with Gasteiger partial charge in [0, 0.05) is 21.5 Å². The Morgan fingerprint density at radius 3 is 2.54 bits per heavy atom. The number of benzene rings is 2. The van der Waals surface area contributed by atoms with E-state index in [2.05, 4.69) is 71.4 Å². The Kier molecular flexibility index (Phi) is 5.58. The average Bonchev–Trinajstić information content (AvgIpc) is 2.92. The Balaban J connectivity index is 2.12. The Morgan fingerprint density at radius 1 is 1.12 bits per heavy atom. The van der Waals surface area contributed by atoms with Gasteiger partial charge in [-0.3, -0.25) is 4.79 Å². The highest BCUT2D eigenvalue weighted by Crippen LogP contribution is 2.27. The highest BCUT2D eigenvalue weighted by Gasteiger charge is 2.14. The van der Waals surface area contributed by atoms with Crippen LogP contribution >= 0.6 is 27.3 Å². The summed E-state index contributed by atoms with van der Waals surface area (Å²) in [5.41, 5.74) is 5.43. The van der Waals surface area contributed by atoms with Gasteiger partial charge in [-0.1, -0.05) is 34.1 Å². The molecule has 3 aromatic rings. The molecule has 0 radical (unpaired) electrons.